The largest absolute Gasteiger partial charge is 0.349 e. The summed E-state index contributed by atoms with van der Waals surface area (Å²) in [6.07, 6.45) is 1.82. The Labute approximate surface area is 208 Å². The number of aryl methyl sites for hydroxylation is 1. The average molecular weight is 494 g/mol. The number of rotatable bonds is 7. The van der Waals surface area contributed by atoms with Crippen LogP contribution in [0.4, 0.5) is 4.39 Å². The van der Waals surface area contributed by atoms with E-state index in [1.54, 1.807) is 12.1 Å². The molecule has 4 aromatic rings. The smallest absolute Gasteiger partial charge is 0.233 e. The molecule has 0 radical (unpaired) electrons. The number of aromatic nitrogens is 2. The van der Waals surface area contributed by atoms with Crippen molar-refractivity contribution in [3.8, 4) is 16.9 Å². The zero-order valence-electron chi connectivity index (χ0n) is 19.1. The number of carbonyl (C=O) groups excluding carboxylic acids is 1. The van der Waals surface area contributed by atoms with E-state index in [9.17, 15) is 9.18 Å². The van der Waals surface area contributed by atoms with Gasteiger partial charge < -0.3 is 5.32 Å². The van der Waals surface area contributed by atoms with E-state index in [2.05, 4.69) is 27.9 Å². The van der Waals surface area contributed by atoms with Crippen LogP contribution in [0.2, 0.25) is 5.02 Å². The summed E-state index contributed by atoms with van der Waals surface area (Å²) in [7, 11) is 0. The molecule has 4 rings (SSSR count). The molecule has 1 N–H and O–H groups in total. The van der Waals surface area contributed by atoms with E-state index in [1.807, 2.05) is 62.5 Å². The maximum atomic E-state index is 13.2. The lowest BCUT2D eigenvalue weighted by Gasteiger charge is -2.19. The summed E-state index contributed by atoms with van der Waals surface area (Å²) >= 11 is 7.49. The lowest BCUT2D eigenvalue weighted by Crippen LogP contribution is -2.33. The van der Waals surface area contributed by atoms with Crippen molar-refractivity contribution in [2.45, 2.75) is 37.2 Å². The van der Waals surface area contributed by atoms with Crippen LogP contribution in [0.25, 0.3) is 16.9 Å². The highest BCUT2D eigenvalue weighted by Gasteiger charge is 2.22. The number of halogens is 2. The van der Waals surface area contributed by atoms with Crippen LogP contribution in [-0.4, -0.2) is 20.7 Å². The molecule has 0 aliphatic rings. The van der Waals surface area contributed by atoms with Crippen molar-refractivity contribution in [1.82, 2.24) is 14.9 Å². The monoisotopic (exact) mass is 493 g/mol. The summed E-state index contributed by atoms with van der Waals surface area (Å²) in [4.78, 5) is 17.6. The normalized spacial score (nSPS) is 12.9. The summed E-state index contributed by atoms with van der Waals surface area (Å²) in [6.45, 7) is 5.79. The second kappa shape index (κ2) is 10.5. The Bertz CT molecular complexity index is 1290. The lowest BCUT2D eigenvalue weighted by atomic mass is 10.1. The molecule has 0 aliphatic heterocycles. The number of hydrogen-bond donors (Lipinski definition) is 1. The number of para-hydroxylation sites is 1. The van der Waals surface area contributed by atoms with Crippen LogP contribution in [0, 0.1) is 12.7 Å². The number of thioether (sulfide) groups is 1. The van der Waals surface area contributed by atoms with Crippen molar-refractivity contribution in [3.05, 3.63) is 101 Å². The fourth-order valence-corrected chi connectivity index (χ4v) is 4.70. The van der Waals surface area contributed by atoms with Gasteiger partial charge in [0.25, 0.3) is 0 Å². The number of carbonyl (C=O) groups is 1. The van der Waals surface area contributed by atoms with E-state index in [-0.39, 0.29) is 17.8 Å². The van der Waals surface area contributed by atoms with Gasteiger partial charge in [-0.15, -0.1) is 0 Å². The number of nitrogens with zero attached hydrogens (tertiary/aromatic N) is 2. The Morgan fingerprint density at radius 2 is 1.71 bits per heavy atom. The van der Waals surface area contributed by atoms with Crippen LogP contribution in [0.3, 0.4) is 0 Å². The van der Waals surface area contributed by atoms with Crippen molar-refractivity contribution >= 4 is 29.3 Å². The van der Waals surface area contributed by atoms with Crippen LogP contribution in [0.5, 0.6) is 0 Å². The van der Waals surface area contributed by atoms with Gasteiger partial charge in [0.05, 0.1) is 28.9 Å². The zero-order valence-corrected chi connectivity index (χ0v) is 20.7. The van der Waals surface area contributed by atoms with Gasteiger partial charge in [-0.2, -0.15) is 0 Å². The number of imidazole rings is 1. The average Bonchev–Trinajstić information content (AvgIpc) is 3.23. The lowest BCUT2D eigenvalue weighted by molar-refractivity contribution is -0.120. The molecule has 1 heterocycles. The second-order valence-electron chi connectivity index (χ2n) is 8.10. The van der Waals surface area contributed by atoms with Gasteiger partial charge in [0.15, 0.2) is 5.16 Å². The first-order valence-corrected chi connectivity index (χ1v) is 12.2. The highest BCUT2D eigenvalue weighted by Crippen LogP contribution is 2.33. The third kappa shape index (κ3) is 5.34. The molecule has 1 aromatic heterocycles. The first-order chi connectivity index (χ1) is 16.3. The summed E-state index contributed by atoms with van der Waals surface area (Å²) in [5.41, 5.74) is 4.84. The Balaban J connectivity index is 1.61. The maximum Gasteiger partial charge on any atom is 0.233 e. The summed E-state index contributed by atoms with van der Waals surface area (Å²) in [6, 6.07) is 21.6. The highest BCUT2D eigenvalue weighted by atomic mass is 35.5. The zero-order chi connectivity index (χ0) is 24.2. The topological polar surface area (TPSA) is 46.9 Å². The SMILES string of the molecule is Cc1ccccc1-n1c(-c2ccc(Cl)cc2)cnc1S[C@@H](C)C(=O)N[C@@H](C)c1ccc(F)cc1. The van der Waals surface area contributed by atoms with Crippen molar-refractivity contribution in [1.29, 1.82) is 0 Å². The minimum atomic E-state index is -0.397. The van der Waals surface area contributed by atoms with Gasteiger partial charge in [-0.3, -0.25) is 9.36 Å². The molecule has 0 fully saturated rings. The standard InChI is InChI=1S/C27H25ClFN3OS/c1-17-6-4-5-7-24(17)32-25(21-8-12-22(28)13-9-21)16-30-27(32)34-19(3)26(33)31-18(2)20-10-14-23(29)15-11-20/h4-16,18-19H,1-3H3,(H,31,33)/t18-,19-/m0/s1. The number of amides is 1. The molecule has 174 valence electrons. The Kier molecular flexibility index (Phi) is 7.39. The molecular formula is C27H25ClFN3OS. The molecule has 0 unspecified atom stereocenters. The van der Waals surface area contributed by atoms with Gasteiger partial charge in [-0.1, -0.05) is 65.8 Å². The van der Waals surface area contributed by atoms with Gasteiger partial charge in [0.2, 0.25) is 5.91 Å². The molecule has 7 heteroatoms. The summed E-state index contributed by atoms with van der Waals surface area (Å²) in [5, 5.41) is 4.01. The molecule has 3 aromatic carbocycles. The molecule has 1 amide bonds. The van der Waals surface area contributed by atoms with Gasteiger partial charge in [0, 0.05) is 10.6 Å². The van der Waals surface area contributed by atoms with Crippen LogP contribution in [0.15, 0.2) is 84.1 Å². The first-order valence-electron chi connectivity index (χ1n) is 11.0. The van der Waals surface area contributed by atoms with Crippen molar-refractivity contribution in [2.24, 2.45) is 0 Å². The van der Waals surface area contributed by atoms with Crippen molar-refractivity contribution < 1.29 is 9.18 Å². The van der Waals surface area contributed by atoms with E-state index in [1.165, 1.54) is 23.9 Å². The minimum absolute atomic E-state index is 0.116. The Hall–Kier alpha value is -3.09. The van der Waals surface area contributed by atoms with Crippen LogP contribution < -0.4 is 5.32 Å². The molecule has 34 heavy (non-hydrogen) atoms. The Morgan fingerprint density at radius 1 is 1.03 bits per heavy atom. The van der Waals surface area contributed by atoms with Gasteiger partial charge in [-0.25, -0.2) is 9.37 Å². The van der Waals surface area contributed by atoms with Gasteiger partial charge in [0.1, 0.15) is 5.82 Å². The fourth-order valence-electron chi connectivity index (χ4n) is 3.67. The highest BCUT2D eigenvalue weighted by molar-refractivity contribution is 8.00. The molecule has 0 saturated heterocycles. The van der Waals surface area contributed by atoms with Crippen molar-refractivity contribution in [2.75, 3.05) is 0 Å². The van der Waals surface area contributed by atoms with E-state index in [4.69, 9.17) is 11.6 Å². The fraction of sp³-hybridized carbons (Fsp3) is 0.185. The minimum Gasteiger partial charge on any atom is -0.349 e. The molecule has 0 bridgehead atoms. The Morgan fingerprint density at radius 3 is 2.38 bits per heavy atom. The molecule has 0 saturated carbocycles. The number of nitrogens with one attached hydrogen (secondary N) is 1. The quantitative estimate of drug-likeness (QED) is 0.282. The molecule has 0 aliphatic carbocycles. The molecule has 0 spiro atoms. The molecule has 4 nitrogen and oxygen atoms in total. The second-order valence-corrected chi connectivity index (χ2v) is 9.84. The first kappa shape index (κ1) is 24.0. The van der Waals surface area contributed by atoms with Crippen LogP contribution in [0.1, 0.15) is 31.0 Å². The number of benzene rings is 3. The summed E-state index contributed by atoms with van der Waals surface area (Å²) in [5.74, 6) is -0.417. The van der Waals surface area contributed by atoms with E-state index < -0.39 is 5.25 Å². The predicted molar refractivity (Wildman–Crippen MR) is 137 cm³/mol. The molecular weight excluding hydrogens is 469 g/mol. The third-order valence-corrected chi connectivity index (χ3v) is 6.92. The summed E-state index contributed by atoms with van der Waals surface area (Å²) < 4.78 is 15.3. The van der Waals surface area contributed by atoms with E-state index in [0.29, 0.717) is 5.02 Å². The predicted octanol–water partition coefficient (Wildman–Crippen LogP) is 7.00. The van der Waals surface area contributed by atoms with Crippen LogP contribution in [-0.2, 0) is 4.79 Å². The van der Waals surface area contributed by atoms with Crippen LogP contribution >= 0.6 is 23.4 Å². The van der Waals surface area contributed by atoms with E-state index >= 15 is 0 Å². The van der Waals surface area contributed by atoms with Gasteiger partial charge >= 0.3 is 0 Å². The number of hydrogen-bond acceptors (Lipinski definition) is 3. The van der Waals surface area contributed by atoms with E-state index in [0.717, 1.165) is 33.2 Å². The molecule has 2 atom stereocenters. The van der Waals surface area contributed by atoms with Crippen molar-refractivity contribution in [3.63, 3.8) is 0 Å². The third-order valence-electron chi connectivity index (χ3n) is 5.61. The van der Waals surface area contributed by atoms with Gasteiger partial charge in [-0.05, 0) is 62.2 Å². The maximum absolute atomic E-state index is 13.2.